The molecule has 0 saturated heterocycles. The number of carboxylic acids is 1. The van der Waals surface area contributed by atoms with Gasteiger partial charge in [0.2, 0.25) is 5.28 Å². The summed E-state index contributed by atoms with van der Waals surface area (Å²) in [6.45, 7) is 4.00. The van der Waals surface area contributed by atoms with Crippen LogP contribution in [-0.4, -0.2) is 21.0 Å². The molecule has 4 nitrogen and oxygen atoms in total. The van der Waals surface area contributed by atoms with Crippen LogP contribution in [-0.2, 0) is 6.42 Å². The van der Waals surface area contributed by atoms with Crippen molar-refractivity contribution in [2.24, 2.45) is 5.92 Å². The zero-order valence-electron chi connectivity index (χ0n) is 7.47. The van der Waals surface area contributed by atoms with Crippen molar-refractivity contribution in [2.75, 3.05) is 0 Å². The van der Waals surface area contributed by atoms with Gasteiger partial charge in [0, 0.05) is 0 Å². The molecule has 0 unspecified atom stereocenters. The van der Waals surface area contributed by atoms with Gasteiger partial charge in [-0.25, -0.2) is 9.78 Å². The SMILES string of the molecule is CC(C)Cc1[nH]c(Cl)nc1C(=O)O. The van der Waals surface area contributed by atoms with Gasteiger partial charge in [0.25, 0.3) is 0 Å². The maximum absolute atomic E-state index is 10.7. The average molecular weight is 203 g/mol. The van der Waals surface area contributed by atoms with Gasteiger partial charge in [-0.05, 0) is 23.9 Å². The Kier molecular flexibility index (Phi) is 2.93. The lowest BCUT2D eigenvalue weighted by Crippen LogP contribution is -2.04. The van der Waals surface area contributed by atoms with Crippen LogP contribution >= 0.6 is 11.6 Å². The van der Waals surface area contributed by atoms with Crippen molar-refractivity contribution >= 4 is 17.6 Å². The van der Waals surface area contributed by atoms with Gasteiger partial charge in [-0.3, -0.25) is 0 Å². The van der Waals surface area contributed by atoms with Crippen molar-refractivity contribution in [3.8, 4) is 0 Å². The Hall–Kier alpha value is -1.03. The summed E-state index contributed by atoms with van der Waals surface area (Å²) in [5.74, 6) is -0.673. The number of carbonyl (C=O) groups is 1. The van der Waals surface area contributed by atoms with Crippen LogP contribution < -0.4 is 0 Å². The van der Waals surface area contributed by atoms with Crippen LogP contribution in [0.2, 0.25) is 5.28 Å². The fourth-order valence-corrected chi connectivity index (χ4v) is 1.31. The van der Waals surface area contributed by atoms with Crippen molar-refractivity contribution in [1.29, 1.82) is 0 Å². The molecule has 0 amide bonds. The number of aromatic amines is 1. The van der Waals surface area contributed by atoms with E-state index in [0.29, 0.717) is 18.0 Å². The highest BCUT2D eigenvalue weighted by atomic mass is 35.5. The molecule has 0 radical (unpaired) electrons. The fourth-order valence-electron chi connectivity index (χ4n) is 1.11. The van der Waals surface area contributed by atoms with Crippen molar-refractivity contribution in [2.45, 2.75) is 20.3 Å². The van der Waals surface area contributed by atoms with Crippen molar-refractivity contribution in [3.05, 3.63) is 16.7 Å². The summed E-state index contributed by atoms with van der Waals surface area (Å²) >= 11 is 5.56. The van der Waals surface area contributed by atoms with Gasteiger partial charge < -0.3 is 10.1 Å². The highest BCUT2D eigenvalue weighted by Gasteiger charge is 2.16. The highest BCUT2D eigenvalue weighted by molar-refractivity contribution is 6.28. The van der Waals surface area contributed by atoms with Gasteiger partial charge in [0.05, 0.1) is 5.69 Å². The molecule has 1 heterocycles. The Bertz CT molecular complexity index is 320. The Morgan fingerprint density at radius 2 is 2.31 bits per heavy atom. The molecular weight excluding hydrogens is 192 g/mol. The quantitative estimate of drug-likeness (QED) is 0.788. The standard InChI is InChI=1S/C8H11ClN2O2/c1-4(2)3-5-6(7(12)13)11-8(9)10-5/h4H,3H2,1-2H3,(H,10,11)(H,12,13). The lowest BCUT2D eigenvalue weighted by molar-refractivity contribution is 0.0689. The fraction of sp³-hybridized carbons (Fsp3) is 0.500. The van der Waals surface area contributed by atoms with E-state index in [1.807, 2.05) is 13.8 Å². The van der Waals surface area contributed by atoms with Gasteiger partial charge >= 0.3 is 5.97 Å². The molecule has 0 aliphatic rings. The molecule has 1 rings (SSSR count). The normalized spacial score (nSPS) is 10.8. The summed E-state index contributed by atoms with van der Waals surface area (Å²) in [5.41, 5.74) is 0.617. The lowest BCUT2D eigenvalue weighted by atomic mass is 10.1. The molecule has 0 saturated carbocycles. The van der Waals surface area contributed by atoms with Gasteiger partial charge in [0.1, 0.15) is 0 Å². The summed E-state index contributed by atoms with van der Waals surface area (Å²) in [6, 6.07) is 0. The third-order valence-corrected chi connectivity index (χ3v) is 1.74. The van der Waals surface area contributed by atoms with Gasteiger partial charge in [0.15, 0.2) is 5.69 Å². The largest absolute Gasteiger partial charge is 0.476 e. The number of halogens is 1. The molecule has 0 spiro atoms. The van der Waals surface area contributed by atoms with E-state index in [0.717, 1.165) is 0 Å². The predicted molar refractivity (Wildman–Crippen MR) is 49.1 cm³/mol. The number of hydrogen-bond donors (Lipinski definition) is 2. The van der Waals surface area contributed by atoms with Crippen molar-refractivity contribution in [3.63, 3.8) is 0 Å². The van der Waals surface area contributed by atoms with Gasteiger partial charge in [-0.1, -0.05) is 13.8 Å². The molecule has 0 aliphatic carbocycles. The number of imidazole rings is 1. The molecule has 2 N–H and O–H groups in total. The maximum Gasteiger partial charge on any atom is 0.356 e. The third-order valence-electron chi connectivity index (χ3n) is 1.56. The number of nitrogens with one attached hydrogen (secondary N) is 1. The molecule has 5 heteroatoms. The zero-order valence-corrected chi connectivity index (χ0v) is 8.22. The Labute approximate surface area is 80.9 Å². The van der Waals surface area contributed by atoms with Crippen LogP contribution in [0.5, 0.6) is 0 Å². The minimum absolute atomic E-state index is 0.0266. The van der Waals surface area contributed by atoms with E-state index in [1.54, 1.807) is 0 Å². The topological polar surface area (TPSA) is 66.0 Å². The van der Waals surface area contributed by atoms with E-state index in [-0.39, 0.29) is 11.0 Å². The first-order chi connectivity index (χ1) is 6.00. The first-order valence-corrected chi connectivity index (χ1v) is 4.36. The van der Waals surface area contributed by atoms with Crippen LogP contribution in [0.3, 0.4) is 0 Å². The van der Waals surface area contributed by atoms with Crippen LogP contribution in [0, 0.1) is 5.92 Å². The molecule has 0 aliphatic heterocycles. The second-order valence-corrected chi connectivity index (χ2v) is 3.62. The molecule has 13 heavy (non-hydrogen) atoms. The molecule has 0 aromatic carbocycles. The highest BCUT2D eigenvalue weighted by Crippen LogP contribution is 2.14. The molecule has 0 fully saturated rings. The van der Waals surface area contributed by atoms with Gasteiger partial charge in [-0.2, -0.15) is 0 Å². The molecule has 0 atom stereocenters. The van der Waals surface area contributed by atoms with Crippen LogP contribution in [0.25, 0.3) is 0 Å². The third kappa shape index (κ3) is 2.45. The van der Waals surface area contributed by atoms with Crippen LogP contribution in [0.1, 0.15) is 30.0 Å². The minimum atomic E-state index is -1.04. The number of aromatic nitrogens is 2. The number of hydrogen-bond acceptors (Lipinski definition) is 2. The summed E-state index contributed by atoms with van der Waals surface area (Å²) in [6.07, 6.45) is 0.640. The van der Waals surface area contributed by atoms with Crippen LogP contribution in [0.4, 0.5) is 0 Å². The lowest BCUT2D eigenvalue weighted by Gasteiger charge is -2.01. The molecular formula is C8H11ClN2O2. The number of nitrogens with zero attached hydrogens (tertiary/aromatic N) is 1. The molecule has 0 bridgehead atoms. The summed E-state index contributed by atoms with van der Waals surface area (Å²) in [5, 5.41) is 8.88. The van der Waals surface area contributed by atoms with E-state index in [9.17, 15) is 4.79 Å². The number of H-pyrrole nitrogens is 1. The van der Waals surface area contributed by atoms with E-state index >= 15 is 0 Å². The van der Waals surface area contributed by atoms with Crippen LogP contribution in [0.15, 0.2) is 0 Å². The molecule has 72 valence electrons. The van der Waals surface area contributed by atoms with E-state index < -0.39 is 5.97 Å². The Balaban J connectivity index is 2.97. The second-order valence-electron chi connectivity index (χ2n) is 3.26. The maximum atomic E-state index is 10.7. The zero-order chi connectivity index (χ0) is 10.0. The first kappa shape index (κ1) is 10.1. The Morgan fingerprint density at radius 3 is 2.77 bits per heavy atom. The number of rotatable bonds is 3. The monoisotopic (exact) mass is 202 g/mol. The van der Waals surface area contributed by atoms with E-state index in [1.165, 1.54) is 0 Å². The number of aromatic carboxylic acids is 1. The summed E-state index contributed by atoms with van der Waals surface area (Å²) in [7, 11) is 0. The minimum Gasteiger partial charge on any atom is -0.476 e. The first-order valence-electron chi connectivity index (χ1n) is 3.98. The second kappa shape index (κ2) is 3.79. The predicted octanol–water partition coefficient (Wildman–Crippen LogP) is 1.96. The van der Waals surface area contributed by atoms with E-state index in [2.05, 4.69) is 9.97 Å². The summed E-state index contributed by atoms with van der Waals surface area (Å²) in [4.78, 5) is 17.1. The van der Waals surface area contributed by atoms with Crippen molar-refractivity contribution < 1.29 is 9.90 Å². The smallest absolute Gasteiger partial charge is 0.356 e. The summed E-state index contributed by atoms with van der Waals surface area (Å²) < 4.78 is 0. The molecule has 1 aromatic rings. The van der Waals surface area contributed by atoms with E-state index in [4.69, 9.17) is 16.7 Å². The van der Waals surface area contributed by atoms with Crippen molar-refractivity contribution in [1.82, 2.24) is 9.97 Å². The number of carboxylic acid groups (broad SMARTS) is 1. The molecule has 1 aromatic heterocycles. The van der Waals surface area contributed by atoms with Gasteiger partial charge in [-0.15, -0.1) is 0 Å². The Morgan fingerprint density at radius 1 is 1.69 bits per heavy atom. The average Bonchev–Trinajstić information content (AvgIpc) is 2.29.